The first kappa shape index (κ1) is 9.71. The van der Waals surface area contributed by atoms with Crippen LogP contribution in [0.25, 0.3) is 11.3 Å². The SMILES string of the molecule is CCc1cc2cc([N+](=O)[O-])coc-2c1C. The average Bonchev–Trinajstić information content (AvgIpc) is 2.55. The number of aryl methyl sites for hydroxylation is 1. The van der Waals surface area contributed by atoms with Gasteiger partial charge in [0.15, 0.2) is 6.26 Å². The summed E-state index contributed by atoms with van der Waals surface area (Å²) in [7, 11) is 0. The summed E-state index contributed by atoms with van der Waals surface area (Å²) in [5.41, 5.74) is 3.05. The van der Waals surface area contributed by atoms with E-state index in [1.165, 1.54) is 11.8 Å². The number of rotatable bonds is 2. The van der Waals surface area contributed by atoms with Crippen molar-refractivity contribution in [3.63, 3.8) is 0 Å². The monoisotopic (exact) mass is 205 g/mol. The first-order valence-corrected chi connectivity index (χ1v) is 4.78. The van der Waals surface area contributed by atoms with Crippen molar-refractivity contribution in [3.05, 3.63) is 39.6 Å². The van der Waals surface area contributed by atoms with Crippen LogP contribution in [0.4, 0.5) is 5.69 Å². The van der Waals surface area contributed by atoms with Crippen LogP contribution in [-0.4, -0.2) is 4.92 Å². The topological polar surface area (TPSA) is 56.3 Å². The van der Waals surface area contributed by atoms with Crippen molar-refractivity contribution < 1.29 is 9.34 Å². The van der Waals surface area contributed by atoms with E-state index in [2.05, 4.69) is 6.92 Å². The summed E-state index contributed by atoms with van der Waals surface area (Å²) in [4.78, 5) is 10.1. The van der Waals surface area contributed by atoms with Gasteiger partial charge in [-0.15, -0.1) is 0 Å². The van der Waals surface area contributed by atoms with Gasteiger partial charge in [0.05, 0.1) is 4.92 Å². The fourth-order valence-electron chi connectivity index (χ4n) is 1.76. The van der Waals surface area contributed by atoms with Crippen LogP contribution in [0.3, 0.4) is 0 Å². The predicted molar refractivity (Wildman–Crippen MR) is 56.1 cm³/mol. The van der Waals surface area contributed by atoms with Gasteiger partial charge in [-0.05, 0) is 30.5 Å². The van der Waals surface area contributed by atoms with Gasteiger partial charge in [0.1, 0.15) is 5.76 Å². The molecule has 1 aliphatic carbocycles. The van der Waals surface area contributed by atoms with Crippen LogP contribution in [0.1, 0.15) is 18.1 Å². The van der Waals surface area contributed by atoms with Gasteiger partial charge in [-0.25, -0.2) is 0 Å². The second kappa shape index (κ2) is 3.38. The molecule has 1 heterocycles. The Morgan fingerprint density at radius 3 is 2.80 bits per heavy atom. The van der Waals surface area contributed by atoms with Gasteiger partial charge < -0.3 is 4.42 Å². The smallest absolute Gasteiger partial charge is 0.304 e. The molecule has 0 bridgehead atoms. The van der Waals surface area contributed by atoms with E-state index in [0.717, 1.165) is 23.3 Å². The number of nitro groups is 1. The lowest BCUT2D eigenvalue weighted by Crippen LogP contribution is -1.88. The summed E-state index contributed by atoms with van der Waals surface area (Å²) < 4.78 is 5.28. The molecule has 0 aromatic carbocycles. The molecule has 1 aliphatic heterocycles. The summed E-state index contributed by atoms with van der Waals surface area (Å²) in [6.45, 7) is 4.02. The van der Waals surface area contributed by atoms with E-state index >= 15 is 0 Å². The quantitative estimate of drug-likeness (QED) is 0.559. The van der Waals surface area contributed by atoms with Crippen molar-refractivity contribution in [2.45, 2.75) is 20.3 Å². The molecule has 0 amide bonds. The molecule has 15 heavy (non-hydrogen) atoms. The minimum atomic E-state index is -0.448. The highest BCUT2D eigenvalue weighted by Gasteiger charge is 2.18. The number of fused-ring (bicyclic) bond motifs is 1. The lowest BCUT2D eigenvalue weighted by atomic mass is 10.2. The van der Waals surface area contributed by atoms with Crippen LogP contribution >= 0.6 is 0 Å². The minimum Gasteiger partial charge on any atom is -0.457 e. The maximum Gasteiger partial charge on any atom is 0.304 e. The summed E-state index contributed by atoms with van der Waals surface area (Å²) in [5.74, 6) is 0.748. The Morgan fingerprint density at radius 1 is 1.47 bits per heavy atom. The molecule has 0 unspecified atom stereocenters. The van der Waals surface area contributed by atoms with Crippen molar-refractivity contribution in [3.8, 4) is 11.3 Å². The Balaban J connectivity index is 2.63. The number of hydrogen-bond donors (Lipinski definition) is 0. The molecule has 0 aromatic heterocycles. The van der Waals surface area contributed by atoms with Crippen LogP contribution in [0.2, 0.25) is 0 Å². The largest absolute Gasteiger partial charge is 0.457 e. The molecule has 0 fully saturated rings. The van der Waals surface area contributed by atoms with Crippen LogP contribution in [-0.2, 0) is 6.42 Å². The normalized spacial score (nSPS) is 10.8. The predicted octanol–water partition coefficient (Wildman–Crippen LogP) is 3.16. The van der Waals surface area contributed by atoms with E-state index < -0.39 is 4.92 Å². The van der Waals surface area contributed by atoms with Gasteiger partial charge in [-0.1, -0.05) is 6.92 Å². The maximum atomic E-state index is 10.6. The van der Waals surface area contributed by atoms with E-state index in [0.29, 0.717) is 0 Å². The Morgan fingerprint density at radius 2 is 2.20 bits per heavy atom. The Hall–Kier alpha value is -1.84. The third-order valence-electron chi connectivity index (χ3n) is 2.61. The highest BCUT2D eigenvalue weighted by Crippen LogP contribution is 2.34. The van der Waals surface area contributed by atoms with Crippen LogP contribution in [0.15, 0.2) is 22.8 Å². The highest BCUT2D eigenvalue weighted by molar-refractivity contribution is 5.69. The summed E-state index contributed by atoms with van der Waals surface area (Å²) in [5, 5.41) is 10.6. The van der Waals surface area contributed by atoms with E-state index in [4.69, 9.17) is 4.42 Å². The zero-order chi connectivity index (χ0) is 11.0. The average molecular weight is 205 g/mol. The standard InChI is InChI=1S/C11H11NO3/c1-3-8-4-9-5-10(12(13)14)6-15-11(9)7(8)2/h4-6H,3H2,1-2H3. The molecular weight excluding hydrogens is 194 g/mol. The Bertz CT molecular complexity index is 487. The van der Waals surface area contributed by atoms with Crippen LogP contribution in [0, 0.1) is 17.0 Å². The van der Waals surface area contributed by atoms with E-state index in [1.54, 1.807) is 6.07 Å². The fraction of sp³-hybridized carbons (Fsp3) is 0.273. The molecule has 4 heteroatoms. The molecule has 4 nitrogen and oxygen atoms in total. The van der Waals surface area contributed by atoms with Gasteiger partial charge in [0.25, 0.3) is 0 Å². The molecular formula is C11H11NO3. The zero-order valence-corrected chi connectivity index (χ0v) is 8.61. The Labute approximate surface area is 87.0 Å². The van der Waals surface area contributed by atoms with E-state index in [9.17, 15) is 10.1 Å². The van der Waals surface area contributed by atoms with Gasteiger partial charge in [0, 0.05) is 11.6 Å². The fourth-order valence-corrected chi connectivity index (χ4v) is 1.76. The molecule has 0 atom stereocenters. The third-order valence-corrected chi connectivity index (χ3v) is 2.61. The van der Waals surface area contributed by atoms with E-state index in [1.807, 2.05) is 13.0 Å². The first-order valence-electron chi connectivity index (χ1n) is 4.78. The van der Waals surface area contributed by atoms with E-state index in [-0.39, 0.29) is 5.69 Å². The van der Waals surface area contributed by atoms with Crippen molar-refractivity contribution >= 4 is 5.69 Å². The molecule has 0 radical (unpaired) electrons. The third kappa shape index (κ3) is 1.48. The molecule has 2 rings (SSSR count). The summed E-state index contributed by atoms with van der Waals surface area (Å²) in [6.07, 6.45) is 2.10. The van der Waals surface area contributed by atoms with Crippen molar-refractivity contribution in [1.29, 1.82) is 0 Å². The van der Waals surface area contributed by atoms with Gasteiger partial charge in [-0.2, -0.15) is 0 Å². The molecule has 0 N–H and O–H groups in total. The number of hydrogen-bond acceptors (Lipinski definition) is 3. The molecule has 2 aliphatic rings. The summed E-state index contributed by atoms with van der Waals surface area (Å²) in [6, 6.07) is 3.49. The molecule has 0 aromatic rings. The van der Waals surface area contributed by atoms with Crippen molar-refractivity contribution in [2.24, 2.45) is 0 Å². The highest BCUT2D eigenvalue weighted by atomic mass is 16.6. The van der Waals surface area contributed by atoms with Crippen LogP contribution in [0.5, 0.6) is 0 Å². The molecule has 78 valence electrons. The van der Waals surface area contributed by atoms with Gasteiger partial charge in [0.2, 0.25) is 0 Å². The van der Waals surface area contributed by atoms with Crippen molar-refractivity contribution in [2.75, 3.05) is 0 Å². The van der Waals surface area contributed by atoms with Crippen molar-refractivity contribution in [1.82, 2.24) is 0 Å². The van der Waals surface area contributed by atoms with Gasteiger partial charge in [-0.3, -0.25) is 10.1 Å². The molecule has 0 saturated carbocycles. The summed E-state index contributed by atoms with van der Waals surface area (Å²) >= 11 is 0. The number of nitrogens with zero attached hydrogens (tertiary/aromatic N) is 1. The lowest BCUT2D eigenvalue weighted by Gasteiger charge is -1.98. The van der Waals surface area contributed by atoms with Crippen LogP contribution < -0.4 is 0 Å². The second-order valence-corrected chi connectivity index (χ2v) is 3.49. The molecule has 0 saturated heterocycles. The zero-order valence-electron chi connectivity index (χ0n) is 8.61. The minimum absolute atomic E-state index is 0.00449. The lowest BCUT2D eigenvalue weighted by molar-refractivity contribution is -0.385. The molecule has 0 spiro atoms. The Kier molecular flexibility index (Phi) is 2.19. The maximum absolute atomic E-state index is 10.6. The first-order chi connectivity index (χ1) is 7.13. The second-order valence-electron chi connectivity index (χ2n) is 3.49. The van der Waals surface area contributed by atoms with Gasteiger partial charge >= 0.3 is 5.69 Å².